The van der Waals surface area contributed by atoms with E-state index in [0.717, 1.165) is 5.56 Å². The summed E-state index contributed by atoms with van der Waals surface area (Å²) in [7, 11) is 1.56. The van der Waals surface area contributed by atoms with E-state index in [2.05, 4.69) is 10.6 Å². The van der Waals surface area contributed by atoms with Crippen LogP contribution in [0.3, 0.4) is 0 Å². The van der Waals surface area contributed by atoms with Crippen LogP contribution < -0.4 is 10.6 Å². The van der Waals surface area contributed by atoms with Gasteiger partial charge in [0.15, 0.2) is 0 Å². The van der Waals surface area contributed by atoms with Crippen molar-refractivity contribution in [3.05, 3.63) is 35.4 Å². The van der Waals surface area contributed by atoms with Crippen molar-refractivity contribution in [1.29, 1.82) is 0 Å². The van der Waals surface area contributed by atoms with Crippen molar-refractivity contribution < 1.29 is 19.5 Å². The molecule has 1 aromatic rings. The zero-order valence-corrected chi connectivity index (χ0v) is 11.3. The van der Waals surface area contributed by atoms with Crippen molar-refractivity contribution in [1.82, 2.24) is 10.6 Å². The molecule has 1 aromatic carbocycles. The molecule has 2 amide bonds. The Morgan fingerprint density at radius 1 is 1.20 bits per heavy atom. The van der Waals surface area contributed by atoms with Gasteiger partial charge in [0.05, 0.1) is 6.42 Å². The van der Waals surface area contributed by atoms with Gasteiger partial charge in [-0.2, -0.15) is 0 Å². The lowest BCUT2D eigenvalue weighted by Crippen LogP contribution is -2.26. The Bertz CT molecular complexity index is 500. The highest BCUT2D eigenvalue weighted by Gasteiger charge is 2.06. The van der Waals surface area contributed by atoms with E-state index in [4.69, 9.17) is 5.11 Å². The molecule has 6 heteroatoms. The number of carboxylic acid groups (broad SMARTS) is 1. The number of benzene rings is 1. The molecule has 0 aromatic heterocycles. The van der Waals surface area contributed by atoms with Crippen molar-refractivity contribution in [2.75, 3.05) is 13.6 Å². The Hall–Kier alpha value is -2.37. The molecule has 0 aliphatic heterocycles. The molecule has 0 heterocycles. The van der Waals surface area contributed by atoms with Crippen molar-refractivity contribution >= 4 is 17.8 Å². The fraction of sp³-hybridized carbons (Fsp3) is 0.357. The molecule has 108 valence electrons. The average Bonchev–Trinajstić information content (AvgIpc) is 2.44. The topological polar surface area (TPSA) is 95.5 Å². The second-order valence-corrected chi connectivity index (χ2v) is 4.27. The lowest BCUT2D eigenvalue weighted by atomic mass is 10.1. The molecule has 0 atom stereocenters. The second-order valence-electron chi connectivity index (χ2n) is 4.27. The SMILES string of the molecule is CNC(=O)c1cccc(CCC(=O)NCCC(=O)O)c1. The van der Waals surface area contributed by atoms with E-state index >= 15 is 0 Å². The van der Waals surface area contributed by atoms with Crippen LogP contribution in [0.15, 0.2) is 24.3 Å². The lowest BCUT2D eigenvalue weighted by Gasteiger charge is -2.05. The minimum Gasteiger partial charge on any atom is -0.481 e. The van der Waals surface area contributed by atoms with Crippen LogP contribution in [0.25, 0.3) is 0 Å². The maximum Gasteiger partial charge on any atom is 0.305 e. The summed E-state index contributed by atoms with van der Waals surface area (Å²) >= 11 is 0. The van der Waals surface area contributed by atoms with Gasteiger partial charge in [0.25, 0.3) is 5.91 Å². The van der Waals surface area contributed by atoms with E-state index in [9.17, 15) is 14.4 Å². The fourth-order valence-corrected chi connectivity index (χ4v) is 1.67. The van der Waals surface area contributed by atoms with Crippen LogP contribution in [-0.2, 0) is 16.0 Å². The largest absolute Gasteiger partial charge is 0.481 e. The fourth-order valence-electron chi connectivity index (χ4n) is 1.67. The number of carbonyl (C=O) groups is 3. The predicted octanol–water partition coefficient (Wildman–Crippen LogP) is 0.570. The molecular weight excluding hydrogens is 260 g/mol. The van der Waals surface area contributed by atoms with E-state index < -0.39 is 5.97 Å². The lowest BCUT2D eigenvalue weighted by molar-refractivity contribution is -0.136. The highest BCUT2D eigenvalue weighted by atomic mass is 16.4. The van der Waals surface area contributed by atoms with Crippen LogP contribution >= 0.6 is 0 Å². The molecule has 0 saturated heterocycles. The molecule has 1 rings (SSSR count). The van der Waals surface area contributed by atoms with E-state index in [1.807, 2.05) is 6.07 Å². The Labute approximate surface area is 117 Å². The van der Waals surface area contributed by atoms with Gasteiger partial charge in [0.1, 0.15) is 0 Å². The number of nitrogens with one attached hydrogen (secondary N) is 2. The quantitative estimate of drug-likeness (QED) is 0.679. The smallest absolute Gasteiger partial charge is 0.305 e. The van der Waals surface area contributed by atoms with E-state index in [1.165, 1.54) is 0 Å². The number of hydrogen-bond acceptors (Lipinski definition) is 3. The third-order valence-corrected chi connectivity index (χ3v) is 2.72. The highest BCUT2D eigenvalue weighted by molar-refractivity contribution is 5.94. The van der Waals surface area contributed by atoms with Crippen molar-refractivity contribution in [2.24, 2.45) is 0 Å². The summed E-state index contributed by atoms with van der Waals surface area (Å²) in [5, 5.41) is 13.5. The van der Waals surface area contributed by atoms with Gasteiger partial charge < -0.3 is 15.7 Å². The number of aliphatic carboxylic acids is 1. The van der Waals surface area contributed by atoms with Gasteiger partial charge in [-0.3, -0.25) is 14.4 Å². The molecule has 0 radical (unpaired) electrons. The normalized spacial score (nSPS) is 9.85. The van der Waals surface area contributed by atoms with Crippen LogP contribution in [0, 0.1) is 0 Å². The molecule has 6 nitrogen and oxygen atoms in total. The standard InChI is InChI=1S/C14H18N2O4/c1-15-14(20)11-4-2-3-10(9-11)5-6-12(17)16-8-7-13(18)19/h2-4,9H,5-8H2,1H3,(H,15,20)(H,16,17)(H,18,19). The monoisotopic (exact) mass is 278 g/mol. The first-order chi connectivity index (χ1) is 9.52. The minimum absolute atomic E-state index is 0.0854. The summed E-state index contributed by atoms with van der Waals surface area (Å²) in [4.78, 5) is 33.3. The van der Waals surface area contributed by atoms with Crippen molar-refractivity contribution in [2.45, 2.75) is 19.3 Å². The van der Waals surface area contributed by atoms with Crippen molar-refractivity contribution in [3.8, 4) is 0 Å². The zero-order valence-electron chi connectivity index (χ0n) is 11.3. The number of carbonyl (C=O) groups excluding carboxylic acids is 2. The first-order valence-corrected chi connectivity index (χ1v) is 6.32. The minimum atomic E-state index is -0.941. The number of hydrogen-bond donors (Lipinski definition) is 3. The Balaban J connectivity index is 2.43. The summed E-state index contributed by atoms with van der Waals surface area (Å²) in [5.41, 5.74) is 1.44. The third kappa shape index (κ3) is 5.51. The Morgan fingerprint density at radius 3 is 2.60 bits per heavy atom. The predicted molar refractivity (Wildman–Crippen MR) is 73.4 cm³/mol. The molecular formula is C14H18N2O4. The summed E-state index contributed by atoms with van der Waals surface area (Å²) < 4.78 is 0. The van der Waals surface area contributed by atoms with Gasteiger partial charge in [0.2, 0.25) is 5.91 Å². The summed E-state index contributed by atoms with van der Waals surface area (Å²) in [6.45, 7) is 0.131. The number of rotatable bonds is 7. The van der Waals surface area contributed by atoms with E-state index in [0.29, 0.717) is 12.0 Å². The van der Waals surface area contributed by atoms with E-state index in [1.54, 1.807) is 25.2 Å². The first kappa shape index (κ1) is 15.7. The maximum absolute atomic E-state index is 11.5. The second kappa shape index (κ2) is 7.93. The number of carboxylic acids is 1. The van der Waals surface area contributed by atoms with Gasteiger partial charge >= 0.3 is 5.97 Å². The Morgan fingerprint density at radius 2 is 1.95 bits per heavy atom. The first-order valence-electron chi connectivity index (χ1n) is 6.32. The zero-order chi connectivity index (χ0) is 15.0. The van der Waals surface area contributed by atoms with Crippen LogP contribution in [0.2, 0.25) is 0 Å². The Kier molecular flexibility index (Phi) is 6.22. The van der Waals surface area contributed by atoms with Crippen LogP contribution in [0.1, 0.15) is 28.8 Å². The maximum atomic E-state index is 11.5. The van der Waals surface area contributed by atoms with Crippen LogP contribution in [0.4, 0.5) is 0 Å². The summed E-state index contributed by atoms with van der Waals surface area (Å²) in [6, 6.07) is 7.05. The van der Waals surface area contributed by atoms with Crippen LogP contribution in [-0.4, -0.2) is 36.5 Å². The van der Waals surface area contributed by atoms with Gasteiger partial charge in [-0.25, -0.2) is 0 Å². The van der Waals surface area contributed by atoms with E-state index in [-0.39, 0.29) is 31.2 Å². The van der Waals surface area contributed by atoms with Gasteiger partial charge in [-0.15, -0.1) is 0 Å². The van der Waals surface area contributed by atoms with Crippen LogP contribution in [0.5, 0.6) is 0 Å². The summed E-state index contributed by atoms with van der Waals surface area (Å²) in [6.07, 6.45) is 0.679. The third-order valence-electron chi connectivity index (χ3n) is 2.72. The van der Waals surface area contributed by atoms with Gasteiger partial charge in [0, 0.05) is 25.6 Å². The van der Waals surface area contributed by atoms with Crippen molar-refractivity contribution in [3.63, 3.8) is 0 Å². The highest BCUT2D eigenvalue weighted by Crippen LogP contribution is 2.07. The molecule has 20 heavy (non-hydrogen) atoms. The average molecular weight is 278 g/mol. The van der Waals surface area contributed by atoms with Gasteiger partial charge in [-0.05, 0) is 24.1 Å². The molecule has 0 saturated carbocycles. The molecule has 0 unspecified atom stereocenters. The molecule has 0 bridgehead atoms. The molecule has 0 fully saturated rings. The number of amides is 2. The molecule has 0 aliphatic carbocycles. The number of aryl methyl sites for hydroxylation is 1. The summed E-state index contributed by atoms with van der Waals surface area (Å²) in [5.74, 6) is -1.31. The molecule has 3 N–H and O–H groups in total. The molecule has 0 spiro atoms. The van der Waals surface area contributed by atoms with Gasteiger partial charge in [-0.1, -0.05) is 12.1 Å². The molecule has 0 aliphatic rings.